The van der Waals surface area contributed by atoms with E-state index < -0.39 is 0 Å². The highest BCUT2D eigenvalue weighted by Gasteiger charge is 2.20. The number of hydrogen-bond donors (Lipinski definition) is 3. The van der Waals surface area contributed by atoms with Crippen molar-refractivity contribution >= 4 is 27.6 Å². The Morgan fingerprint density at radius 2 is 2.03 bits per heavy atom. The van der Waals surface area contributed by atoms with Gasteiger partial charge in [0, 0.05) is 16.9 Å². The summed E-state index contributed by atoms with van der Waals surface area (Å²) >= 11 is 3.50. The van der Waals surface area contributed by atoms with Crippen molar-refractivity contribution in [2.45, 2.75) is 6.42 Å². The zero-order valence-electron chi connectivity index (χ0n) is 16.0. The fourth-order valence-corrected chi connectivity index (χ4v) is 3.15. The number of aromatic amines is 1. The number of ether oxygens (including phenoxy) is 2. The predicted molar refractivity (Wildman–Crippen MR) is 112 cm³/mol. The molecular formula is C19H20BrN7O2. The molecule has 10 heteroatoms. The second kappa shape index (κ2) is 9.86. The molecule has 0 spiro atoms. The van der Waals surface area contributed by atoms with Crippen molar-refractivity contribution in [2.24, 2.45) is 0 Å². The molecule has 9 nitrogen and oxygen atoms in total. The Bertz CT molecular complexity index is 1020. The quantitative estimate of drug-likeness (QED) is 0.418. The normalized spacial score (nSPS) is 10.4. The van der Waals surface area contributed by atoms with E-state index in [0.29, 0.717) is 35.3 Å². The highest BCUT2D eigenvalue weighted by atomic mass is 79.9. The molecule has 150 valence electrons. The van der Waals surface area contributed by atoms with Gasteiger partial charge in [-0.25, -0.2) is 9.97 Å². The molecule has 0 atom stereocenters. The first-order valence-corrected chi connectivity index (χ1v) is 9.64. The van der Waals surface area contributed by atoms with Gasteiger partial charge in [-0.15, -0.1) is 0 Å². The van der Waals surface area contributed by atoms with Gasteiger partial charge in [0.05, 0.1) is 31.0 Å². The van der Waals surface area contributed by atoms with E-state index in [9.17, 15) is 5.26 Å². The topological polar surface area (TPSA) is 121 Å². The highest BCUT2D eigenvalue weighted by Crippen LogP contribution is 2.43. The number of nitrogens with one attached hydrogen (secondary N) is 3. The van der Waals surface area contributed by atoms with E-state index in [1.54, 1.807) is 13.3 Å². The van der Waals surface area contributed by atoms with Crippen LogP contribution in [0.25, 0.3) is 11.1 Å². The Hall–Kier alpha value is -3.16. The molecule has 1 aromatic carbocycles. The van der Waals surface area contributed by atoms with Crippen molar-refractivity contribution in [1.29, 1.82) is 5.26 Å². The summed E-state index contributed by atoms with van der Waals surface area (Å²) in [5.74, 6) is 2.14. The smallest absolute Gasteiger partial charge is 0.183 e. The lowest BCUT2D eigenvalue weighted by Crippen LogP contribution is -2.12. The van der Waals surface area contributed by atoms with Crippen LogP contribution in [0.3, 0.4) is 0 Å². The third kappa shape index (κ3) is 4.82. The summed E-state index contributed by atoms with van der Waals surface area (Å²) in [5.41, 5.74) is 1.63. The molecule has 2 aromatic heterocycles. The summed E-state index contributed by atoms with van der Waals surface area (Å²) in [6.45, 7) is 1.39. The number of rotatable bonds is 9. The fourth-order valence-electron chi connectivity index (χ4n) is 2.73. The maximum absolute atomic E-state index is 9.26. The maximum Gasteiger partial charge on any atom is 0.183 e. The van der Waals surface area contributed by atoms with Crippen LogP contribution >= 0.6 is 15.9 Å². The lowest BCUT2D eigenvalue weighted by Gasteiger charge is -2.16. The van der Waals surface area contributed by atoms with Gasteiger partial charge in [0.1, 0.15) is 23.4 Å². The van der Waals surface area contributed by atoms with Crippen LogP contribution < -0.4 is 20.1 Å². The number of anilines is 2. The number of benzene rings is 1. The molecule has 0 amide bonds. The minimum absolute atomic E-state index is 0.180. The summed E-state index contributed by atoms with van der Waals surface area (Å²) < 4.78 is 12.5. The van der Waals surface area contributed by atoms with Crippen LogP contribution in [-0.4, -0.2) is 47.5 Å². The van der Waals surface area contributed by atoms with Crippen molar-refractivity contribution < 1.29 is 9.47 Å². The Balaban J connectivity index is 2.00. The minimum Gasteiger partial charge on any atom is -0.496 e. The standard InChI is InChI=1S/C19H20BrN7O2/c1-22-4-3-7-29-16-9-12(20)8-15(28-2)17(16)13-11-25-27-18(13)26-19-14(10-21)23-5-6-24-19/h5-6,8-9,11,22H,3-4,7H2,1-2H3,(H2,24,25,26,27). The number of H-pyrrole nitrogens is 1. The first-order chi connectivity index (χ1) is 14.2. The van der Waals surface area contributed by atoms with Crippen molar-refractivity contribution in [3.05, 3.63) is 40.9 Å². The lowest BCUT2D eigenvalue weighted by atomic mass is 10.1. The predicted octanol–water partition coefficient (Wildman–Crippen LogP) is 3.24. The van der Waals surface area contributed by atoms with Gasteiger partial charge in [0.15, 0.2) is 11.5 Å². The SMILES string of the molecule is CNCCCOc1cc(Br)cc(OC)c1-c1cn[nH]c1Nc1nccnc1C#N. The van der Waals surface area contributed by atoms with Gasteiger partial charge < -0.3 is 20.1 Å². The van der Waals surface area contributed by atoms with E-state index in [1.807, 2.05) is 25.2 Å². The van der Waals surface area contributed by atoms with Gasteiger partial charge in [0.25, 0.3) is 0 Å². The summed E-state index contributed by atoms with van der Waals surface area (Å²) in [6, 6.07) is 5.76. The van der Waals surface area contributed by atoms with Crippen molar-refractivity contribution in [2.75, 3.05) is 32.6 Å². The van der Waals surface area contributed by atoms with E-state index >= 15 is 0 Å². The maximum atomic E-state index is 9.26. The van der Waals surface area contributed by atoms with Crippen molar-refractivity contribution in [1.82, 2.24) is 25.5 Å². The van der Waals surface area contributed by atoms with Crippen LogP contribution in [0, 0.1) is 11.3 Å². The monoisotopic (exact) mass is 457 g/mol. The molecule has 0 aliphatic heterocycles. The van der Waals surface area contributed by atoms with Gasteiger partial charge in [-0.3, -0.25) is 5.10 Å². The average molecular weight is 458 g/mol. The molecule has 3 N–H and O–H groups in total. The number of methoxy groups -OCH3 is 1. The summed E-state index contributed by atoms with van der Waals surface area (Å²) in [5, 5.41) is 22.5. The van der Waals surface area contributed by atoms with Gasteiger partial charge in [-0.05, 0) is 32.1 Å². The molecule has 0 aliphatic rings. The van der Waals surface area contributed by atoms with Gasteiger partial charge in [-0.1, -0.05) is 15.9 Å². The Kier molecular flexibility index (Phi) is 6.99. The highest BCUT2D eigenvalue weighted by molar-refractivity contribution is 9.10. The van der Waals surface area contributed by atoms with Crippen LogP contribution in [0.4, 0.5) is 11.6 Å². The van der Waals surface area contributed by atoms with Crippen molar-refractivity contribution in [3.63, 3.8) is 0 Å². The molecule has 2 heterocycles. The van der Waals surface area contributed by atoms with Crippen LogP contribution in [0.15, 0.2) is 35.2 Å². The molecule has 0 unspecified atom stereocenters. The number of nitriles is 1. The average Bonchev–Trinajstić information content (AvgIpc) is 3.18. The lowest BCUT2D eigenvalue weighted by molar-refractivity contribution is 0.308. The van der Waals surface area contributed by atoms with Gasteiger partial charge in [0.2, 0.25) is 0 Å². The van der Waals surface area contributed by atoms with Crippen LogP contribution in [0.2, 0.25) is 0 Å². The summed E-state index contributed by atoms with van der Waals surface area (Å²) in [7, 11) is 3.50. The molecule has 0 bridgehead atoms. The van der Waals surface area contributed by atoms with Crippen molar-refractivity contribution in [3.8, 4) is 28.7 Å². The Labute approximate surface area is 176 Å². The molecule has 0 aliphatic carbocycles. The fraction of sp³-hybridized carbons (Fsp3) is 0.263. The minimum atomic E-state index is 0.180. The first kappa shape index (κ1) is 20.6. The number of hydrogen-bond acceptors (Lipinski definition) is 8. The summed E-state index contributed by atoms with van der Waals surface area (Å²) in [4.78, 5) is 8.21. The third-order valence-corrected chi connectivity index (χ3v) is 4.49. The molecule has 0 saturated heterocycles. The Morgan fingerprint density at radius 1 is 1.24 bits per heavy atom. The first-order valence-electron chi connectivity index (χ1n) is 8.84. The molecule has 3 aromatic rings. The largest absolute Gasteiger partial charge is 0.496 e. The molecular weight excluding hydrogens is 438 g/mol. The number of nitrogens with zero attached hydrogens (tertiary/aromatic N) is 4. The molecule has 0 radical (unpaired) electrons. The van der Waals surface area contributed by atoms with E-state index in [-0.39, 0.29) is 5.69 Å². The molecule has 3 rings (SSSR count). The van der Waals surface area contributed by atoms with Gasteiger partial charge in [-0.2, -0.15) is 10.4 Å². The molecule has 0 saturated carbocycles. The zero-order chi connectivity index (χ0) is 20.6. The van der Waals surface area contributed by atoms with Crippen LogP contribution in [0.1, 0.15) is 12.1 Å². The third-order valence-electron chi connectivity index (χ3n) is 4.04. The summed E-state index contributed by atoms with van der Waals surface area (Å²) in [6.07, 6.45) is 5.49. The molecule has 29 heavy (non-hydrogen) atoms. The van der Waals surface area contributed by atoms with E-state index in [0.717, 1.165) is 23.0 Å². The number of halogens is 1. The van der Waals surface area contributed by atoms with Crippen LogP contribution in [-0.2, 0) is 0 Å². The van der Waals surface area contributed by atoms with Gasteiger partial charge >= 0.3 is 0 Å². The van der Waals surface area contributed by atoms with E-state index in [4.69, 9.17) is 9.47 Å². The van der Waals surface area contributed by atoms with E-state index in [1.165, 1.54) is 12.4 Å². The number of aromatic nitrogens is 4. The van der Waals surface area contributed by atoms with E-state index in [2.05, 4.69) is 46.7 Å². The Morgan fingerprint density at radius 3 is 2.79 bits per heavy atom. The second-order valence-corrected chi connectivity index (χ2v) is 6.85. The molecule has 0 fully saturated rings. The zero-order valence-corrected chi connectivity index (χ0v) is 17.6. The van der Waals surface area contributed by atoms with Crippen LogP contribution in [0.5, 0.6) is 11.5 Å². The second-order valence-electron chi connectivity index (χ2n) is 5.94.